The van der Waals surface area contributed by atoms with Crippen LogP contribution in [0, 0.1) is 72.5 Å². The van der Waals surface area contributed by atoms with Gasteiger partial charge in [0.25, 0.3) is 0 Å². The maximum absolute atomic E-state index is 14.1. The van der Waals surface area contributed by atoms with E-state index in [9.17, 15) is 30.4 Å². The number of hydrogen-bond acceptors (Lipinski definition) is 3. The van der Waals surface area contributed by atoms with Crippen molar-refractivity contribution in [2.45, 2.75) is 37.8 Å². The van der Waals surface area contributed by atoms with E-state index in [-0.39, 0.29) is 31.9 Å². The summed E-state index contributed by atoms with van der Waals surface area (Å²) >= 11 is 0. The van der Waals surface area contributed by atoms with Crippen LogP contribution in [0.1, 0.15) is 44.0 Å². The molecule has 6 radical (unpaired) electrons. The van der Waals surface area contributed by atoms with Crippen LogP contribution in [0.5, 0.6) is 0 Å². The van der Waals surface area contributed by atoms with Crippen LogP contribution in [-0.2, 0) is 29.5 Å². The summed E-state index contributed by atoms with van der Waals surface area (Å²) in [6.45, 7) is 6.54. The zero-order chi connectivity index (χ0) is 29.6. The molecule has 1 aliphatic rings. The molecule has 0 aliphatic heterocycles. The standard InChI is InChI=1S/C20H15F5N2O2S.C10H14.ClH.Ru/c21-13-14(22)16(24)20(17(25)15(13)23)30(28,29)27-19(12-9-5-2-6-10-12)18(26)11-7-3-1-4-8-11;1-8(2)10-6-4-9(3)5-7-10;;/h1-10,18-19,27H,26H2;4-8H,1-3H3;1H;/q;;;+4/p-1/t18-,19-;;;/m0.../s1. The summed E-state index contributed by atoms with van der Waals surface area (Å²) in [5.74, 6) is -8.69. The number of sulfonamides is 1. The second-order valence-electron chi connectivity index (χ2n) is 9.41. The molecular formula is C30H29ClF5N2O2RuS+3. The molecule has 2 atom stereocenters. The Morgan fingerprint density at radius 1 is 0.690 bits per heavy atom. The van der Waals surface area contributed by atoms with Gasteiger partial charge in [0.15, 0.2) is 28.2 Å². The molecule has 0 spiro atoms. The Kier molecular flexibility index (Phi) is 15.3. The Morgan fingerprint density at radius 3 is 1.52 bits per heavy atom. The van der Waals surface area contributed by atoms with Crippen LogP contribution in [0.25, 0.3) is 0 Å². The van der Waals surface area contributed by atoms with Crippen molar-refractivity contribution in [1.29, 1.82) is 0 Å². The van der Waals surface area contributed by atoms with E-state index < -0.39 is 56.1 Å². The molecule has 3 aromatic carbocycles. The molecule has 12 heteroatoms. The summed E-state index contributed by atoms with van der Waals surface area (Å²) in [6, 6.07) is 13.7. The predicted molar refractivity (Wildman–Crippen MR) is 143 cm³/mol. The smallest absolute Gasteiger partial charge is 1.00 e. The van der Waals surface area contributed by atoms with Crippen LogP contribution < -0.4 is 22.9 Å². The van der Waals surface area contributed by atoms with Gasteiger partial charge in [-0.25, -0.2) is 35.1 Å². The van der Waals surface area contributed by atoms with Crippen molar-refractivity contribution in [3.8, 4) is 0 Å². The fourth-order valence-electron chi connectivity index (χ4n) is 3.87. The maximum Gasteiger partial charge on any atom is 4.00 e. The van der Waals surface area contributed by atoms with Crippen molar-refractivity contribution in [3.05, 3.63) is 138 Å². The predicted octanol–water partition coefficient (Wildman–Crippen LogP) is 3.75. The Bertz CT molecular complexity index is 1350. The van der Waals surface area contributed by atoms with Crippen molar-refractivity contribution in [2.75, 3.05) is 0 Å². The van der Waals surface area contributed by atoms with Crippen LogP contribution in [0.4, 0.5) is 22.0 Å². The van der Waals surface area contributed by atoms with E-state index in [0.717, 1.165) is 0 Å². The van der Waals surface area contributed by atoms with E-state index in [1.54, 1.807) is 48.5 Å². The van der Waals surface area contributed by atoms with Crippen LogP contribution in [0.3, 0.4) is 0 Å². The second kappa shape index (κ2) is 16.8. The third-order valence-corrected chi connectivity index (χ3v) is 7.63. The van der Waals surface area contributed by atoms with Gasteiger partial charge in [-0.05, 0) is 54.6 Å². The third-order valence-electron chi connectivity index (χ3n) is 6.17. The van der Waals surface area contributed by atoms with E-state index >= 15 is 0 Å². The van der Waals surface area contributed by atoms with Crippen molar-refractivity contribution < 1.29 is 62.3 Å². The molecule has 0 unspecified atom stereocenters. The summed E-state index contributed by atoms with van der Waals surface area (Å²) in [7, 11) is -5.21. The summed E-state index contributed by atoms with van der Waals surface area (Å²) < 4.78 is 96.0. The van der Waals surface area contributed by atoms with Crippen LogP contribution >= 0.6 is 0 Å². The first-order valence-electron chi connectivity index (χ1n) is 12.3. The number of halogens is 6. The molecule has 0 aromatic heterocycles. The average Bonchev–Trinajstić information content (AvgIpc) is 2.95. The number of rotatable bonds is 7. The van der Waals surface area contributed by atoms with Gasteiger partial charge < -0.3 is 18.1 Å². The molecule has 1 saturated carbocycles. The first kappa shape index (κ1) is 38.1. The Hall–Kier alpha value is -1.91. The van der Waals surface area contributed by atoms with Crippen LogP contribution in [0.2, 0.25) is 0 Å². The quantitative estimate of drug-likeness (QED) is 0.170. The number of nitrogens with one attached hydrogen (secondary N) is 1. The topological polar surface area (TPSA) is 72.2 Å². The van der Waals surface area contributed by atoms with Gasteiger partial charge in [-0.2, -0.15) is 0 Å². The Morgan fingerprint density at radius 2 is 1.10 bits per heavy atom. The molecule has 1 aliphatic carbocycles. The van der Waals surface area contributed by atoms with E-state index in [0.29, 0.717) is 17.0 Å². The SMILES string of the molecule is C[C]1[CH][CH][C](C(C)C)[CH][CH]1.N[C@@H](c1ccccc1)[C@@H](NS(=O)(=O)c1c(F)c(F)c(F)c(F)c1F)c1ccccc1.[Cl-].[Ru+4]. The van der Waals surface area contributed by atoms with Gasteiger partial charge in [-0.3, -0.25) is 0 Å². The minimum absolute atomic E-state index is 0. The largest absolute Gasteiger partial charge is 4.00 e. The van der Waals surface area contributed by atoms with Crippen molar-refractivity contribution in [1.82, 2.24) is 4.72 Å². The van der Waals surface area contributed by atoms with E-state index in [2.05, 4.69) is 46.5 Å². The Labute approximate surface area is 263 Å². The molecule has 0 saturated heterocycles. The fraction of sp³-hybridized carbons (Fsp3) is 0.200. The molecule has 4 nitrogen and oxygen atoms in total. The van der Waals surface area contributed by atoms with Gasteiger partial charge in [0.1, 0.15) is 0 Å². The average molecular weight is 713 g/mol. The molecule has 0 bridgehead atoms. The Balaban J connectivity index is 0.000000626. The molecule has 3 aromatic rings. The zero-order valence-electron chi connectivity index (χ0n) is 22.7. The minimum atomic E-state index is -5.21. The van der Waals surface area contributed by atoms with E-state index in [4.69, 9.17) is 5.73 Å². The van der Waals surface area contributed by atoms with Gasteiger partial charge >= 0.3 is 19.5 Å². The first-order chi connectivity index (χ1) is 18.8. The molecule has 4 rings (SSSR count). The fourth-order valence-corrected chi connectivity index (χ4v) is 5.26. The van der Waals surface area contributed by atoms with Gasteiger partial charge in [0, 0.05) is 0 Å². The van der Waals surface area contributed by atoms with Gasteiger partial charge in [-0.1, -0.05) is 81.4 Å². The molecule has 1 fully saturated rings. The molecule has 3 N–H and O–H groups in total. The van der Waals surface area contributed by atoms with E-state index in [1.165, 1.54) is 24.0 Å². The zero-order valence-corrected chi connectivity index (χ0v) is 26.0. The summed E-state index contributed by atoms with van der Waals surface area (Å²) in [5.41, 5.74) is 6.99. The van der Waals surface area contributed by atoms with Gasteiger partial charge in [-0.15, -0.1) is 0 Å². The van der Waals surface area contributed by atoms with Crippen molar-refractivity contribution >= 4 is 10.0 Å². The van der Waals surface area contributed by atoms with Crippen LogP contribution in [0.15, 0.2) is 65.6 Å². The second-order valence-corrected chi connectivity index (χ2v) is 11.1. The van der Waals surface area contributed by atoms with E-state index in [1.807, 2.05) is 4.72 Å². The normalized spacial score (nSPS) is 15.6. The minimum Gasteiger partial charge on any atom is -1.00 e. The maximum atomic E-state index is 14.1. The molecular weight excluding hydrogens is 684 g/mol. The van der Waals surface area contributed by atoms with Gasteiger partial charge in [0.05, 0.1) is 12.1 Å². The molecule has 42 heavy (non-hydrogen) atoms. The molecule has 0 amide bonds. The molecule has 224 valence electrons. The number of hydrogen-bond donors (Lipinski definition) is 2. The summed E-state index contributed by atoms with van der Waals surface area (Å²) in [6.07, 6.45) is 8.71. The number of benzene rings is 3. The molecule has 0 heterocycles. The summed E-state index contributed by atoms with van der Waals surface area (Å²) in [5, 5.41) is 0. The third kappa shape index (κ3) is 9.29. The van der Waals surface area contributed by atoms with Gasteiger partial charge in [0.2, 0.25) is 15.8 Å². The van der Waals surface area contributed by atoms with Crippen LogP contribution in [-0.4, -0.2) is 8.42 Å². The van der Waals surface area contributed by atoms with Crippen molar-refractivity contribution in [3.63, 3.8) is 0 Å². The van der Waals surface area contributed by atoms with Crippen molar-refractivity contribution in [2.24, 2.45) is 11.7 Å². The monoisotopic (exact) mass is 713 g/mol. The summed E-state index contributed by atoms with van der Waals surface area (Å²) in [4.78, 5) is -1.97. The number of nitrogens with two attached hydrogens (primary N) is 1. The first-order valence-corrected chi connectivity index (χ1v) is 13.8.